The Labute approximate surface area is 121 Å². The van der Waals surface area contributed by atoms with Gasteiger partial charge >= 0.3 is 0 Å². The van der Waals surface area contributed by atoms with Crippen LogP contribution in [0.5, 0.6) is 0 Å². The predicted molar refractivity (Wildman–Crippen MR) is 78.6 cm³/mol. The van der Waals surface area contributed by atoms with E-state index < -0.39 is 0 Å². The van der Waals surface area contributed by atoms with Gasteiger partial charge in [-0.3, -0.25) is 4.90 Å². The molecular formula is C14H14BrClN2. The number of hydrogen-bond acceptors (Lipinski definition) is 2. The Bertz CT molecular complexity index is 531. The Hall–Kier alpha value is -0.900. The molecule has 0 saturated carbocycles. The zero-order chi connectivity index (χ0) is 13.0. The summed E-state index contributed by atoms with van der Waals surface area (Å²) in [6.45, 7) is 1.65. The second kappa shape index (κ2) is 6.32. The molecule has 0 bridgehead atoms. The molecule has 0 N–H and O–H groups in total. The molecule has 2 aromatic rings. The molecule has 0 atom stereocenters. The highest BCUT2D eigenvalue weighted by Gasteiger charge is 2.05. The lowest BCUT2D eigenvalue weighted by atomic mass is 10.2. The van der Waals surface area contributed by atoms with Gasteiger partial charge in [0.2, 0.25) is 0 Å². The van der Waals surface area contributed by atoms with Crippen LogP contribution in [0.2, 0.25) is 5.15 Å². The van der Waals surface area contributed by atoms with E-state index in [-0.39, 0.29) is 0 Å². The van der Waals surface area contributed by atoms with E-state index in [1.54, 1.807) is 6.07 Å². The summed E-state index contributed by atoms with van der Waals surface area (Å²) in [7, 11) is 2.07. The minimum absolute atomic E-state index is 0.543. The molecule has 0 amide bonds. The fourth-order valence-corrected chi connectivity index (χ4v) is 2.38. The normalized spacial score (nSPS) is 10.9. The number of halogens is 2. The lowest BCUT2D eigenvalue weighted by molar-refractivity contribution is 0.314. The predicted octanol–water partition coefficient (Wildman–Crippen LogP) is 4.13. The van der Waals surface area contributed by atoms with Crippen LogP contribution in [-0.4, -0.2) is 16.9 Å². The van der Waals surface area contributed by atoms with E-state index in [1.807, 2.05) is 24.3 Å². The van der Waals surface area contributed by atoms with Crippen LogP contribution in [0, 0.1) is 0 Å². The monoisotopic (exact) mass is 324 g/mol. The van der Waals surface area contributed by atoms with Gasteiger partial charge in [0.15, 0.2) is 0 Å². The standard InChI is InChI=1S/C14H14BrClN2/c1-18(9-11-5-2-3-7-13(11)15)10-12-6-4-8-14(16)17-12/h2-8H,9-10H2,1H3. The van der Waals surface area contributed by atoms with Crippen LogP contribution < -0.4 is 0 Å². The van der Waals surface area contributed by atoms with Gasteiger partial charge in [0.05, 0.1) is 5.69 Å². The van der Waals surface area contributed by atoms with Crippen LogP contribution in [0.25, 0.3) is 0 Å². The van der Waals surface area contributed by atoms with Gasteiger partial charge in [-0.05, 0) is 30.8 Å². The Morgan fingerprint density at radius 2 is 1.89 bits per heavy atom. The molecule has 2 rings (SSSR count). The van der Waals surface area contributed by atoms with E-state index >= 15 is 0 Å². The number of hydrogen-bond donors (Lipinski definition) is 0. The van der Waals surface area contributed by atoms with Gasteiger partial charge in [0.1, 0.15) is 5.15 Å². The Morgan fingerprint density at radius 1 is 1.11 bits per heavy atom. The van der Waals surface area contributed by atoms with Gasteiger partial charge < -0.3 is 0 Å². The van der Waals surface area contributed by atoms with Crippen LogP contribution in [0.4, 0.5) is 0 Å². The average molecular weight is 326 g/mol. The first-order valence-corrected chi connectivity index (χ1v) is 6.85. The number of benzene rings is 1. The zero-order valence-corrected chi connectivity index (χ0v) is 12.4. The number of nitrogens with zero attached hydrogens (tertiary/aromatic N) is 2. The average Bonchev–Trinajstić information content (AvgIpc) is 2.32. The first-order chi connectivity index (χ1) is 8.65. The fraction of sp³-hybridized carbons (Fsp3) is 0.214. The number of aromatic nitrogens is 1. The summed E-state index contributed by atoms with van der Waals surface area (Å²) in [5, 5.41) is 0.543. The minimum Gasteiger partial charge on any atom is -0.296 e. The topological polar surface area (TPSA) is 16.1 Å². The lowest BCUT2D eigenvalue weighted by Gasteiger charge is -2.17. The molecule has 0 spiro atoms. The maximum absolute atomic E-state index is 5.88. The molecule has 1 heterocycles. The van der Waals surface area contributed by atoms with Crippen molar-refractivity contribution in [2.45, 2.75) is 13.1 Å². The van der Waals surface area contributed by atoms with Gasteiger partial charge in [-0.15, -0.1) is 0 Å². The van der Waals surface area contributed by atoms with Crippen molar-refractivity contribution < 1.29 is 0 Å². The first kappa shape index (κ1) is 13.5. The van der Waals surface area contributed by atoms with E-state index in [0.717, 1.165) is 23.3 Å². The summed E-state index contributed by atoms with van der Waals surface area (Å²) < 4.78 is 1.14. The lowest BCUT2D eigenvalue weighted by Crippen LogP contribution is -2.18. The highest BCUT2D eigenvalue weighted by atomic mass is 79.9. The third-order valence-electron chi connectivity index (χ3n) is 2.60. The molecule has 0 aliphatic heterocycles. The Kier molecular flexibility index (Phi) is 4.75. The molecule has 0 unspecified atom stereocenters. The highest BCUT2D eigenvalue weighted by molar-refractivity contribution is 9.10. The summed E-state index contributed by atoms with van der Waals surface area (Å²) in [4.78, 5) is 6.50. The van der Waals surface area contributed by atoms with Gasteiger partial charge in [0.25, 0.3) is 0 Å². The largest absolute Gasteiger partial charge is 0.296 e. The Morgan fingerprint density at radius 3 is 2.61 bits per heavy atom. The molecule has 0 radical (unpaired) electrons. The summed E-state index contributed by atoms with van der Waals surface area (Å²) >= 11 is 9.43. The van der Waals surface area contributed by atoms with Crippen LogP contribution >= 0.6 is 27.5 Å². The molecule has 0 aliphatic carbocycles. The first-order valence-electron chi connectivity index (χ1n) is 5.68. The third-order valence-corrected chi connectivity index (χ3v) is 3.59. The SMILES string of the molecule is CN(Cc1cccc(Cl)n1)Cc1ccccc1Br. The second-order valence-electron chi connectivity index (χ2n) is 4.22. The van der Waals surface area contributed by atoms with Crippen molar-refractivity contribution in [1.29, 1.82) is 0 Å². The molecule has 0 aliphatic rings. The summed E-state index contributed by atoms with van der Waals surface area (Å²) in [6, 6.07) is 13.9. The van der Waals surface area contributed by atoms with Crippen LogP contribution in [-0.2, 0) is 13.1 Å². The van der Waals surface area contributed by atoms with Gasteiger partial charge in [0, 0.05) is 17.6 Å². The smallest absolute Gasteiger partial charge is 0.129 e. The van der Waals surface area contributed by atoms with Crippen LogP contribution in [0.15, 0.2) is 46.9 Å². The molecule has 0 saturated heterocycles. The van der Waals surface area contributed by atoms with Crippen molar-refractivity contribution in [2.24, 2.45) is 0 Å². The fourth-order valence-electron chi connectivity index (χ4n) is 1.79. The quantitative estimate of drug-likeness (QED) is 0.786. The van der Waals surface area contributed by atoms with Crippen molar-refractivity contribution in [1.82, 2.24) is 9.88 Å². The minimum atomic E-state index is 0.543. The molecule has 4 heteroatoms. The van der Waals surface area contributed by atoms with Crippen LogP contribution in [0.1, 0.15) is 11.3 Å². The molecule has 1 aromatic carbocycles. The van der Waals surface area contributed by atoms with Gasteiger partial charge in [-0.2, -0.15) is 0 Å². The maximum Gasteiger partial charge on any atom is 0.129 e. The summed E-state index contributed by atoms with van der Waals surface area (Å²) in [5.41, 5.74) is 2.25. The summed E-state index contributed by atoms with van der Waals surface area (Å²) in [5.74, 6) is 0. The van der Waals surface area contributed by atoms with Crippen molar-refractivity contribution in [3.8, 4) is 0 Å². The highest BCUT2D eigenvalue weighted by Crippen LogP contribution is 2.18. The molecule has 2 nitrogen and oxygen atoms in total. The van der Waals surface area contributed by atoms with Gasteiger partial charge in [-0.1, -0.05) is 51.8 Å². The molecule has 0 fully saturated rings. The van der Waals surface area contributed by atoms with E-state index in [4.69, 9.17) is 11.6 Å². The number of rotatable bonds is 4. The van der Waals surface area contributed by atoms with Crippen LogP contribution in [0.3, 0.4) is 0 Å². The van der Waals surface area contributed by atoms with Gasteiger partial charge in [-0.25, -0.2) is 4.98 Å². The molecular weight excluding hydrogens is 312 g/mol. The van der Waals surface area contributed by atoms with E-state index in [2.05, 4.69) is 45.0 Å². The third kappa shape index (κ3) is 3.80. The number of pyridine rings is 1. The van der Waals surface area contributed by atoms with Crippen molar-refractivity contribution >= 4 is 27.5 Å². The molecule has 94 valence electrons. The molecule has 18 heavy (non-hydrogen) atoms. The Balaban J connectivity index is 2.01. The maximum atomic E-state index is 5.88. The summed E-state index contributed by atoms with van der Waals surface area (Å²) in [6.07, 6.45) is 0. The second-order valence-corrected chi connectivity index (χ2v) is 5.46. The van der Waals surface area contributed by atoms with E-state index in [0.29, 0.717) is 5.15 Å². The van der Waals surface area contributed by atoms with Crippen molar-refractivity contribution in [2.75, 3.05) is 7.05 Å². The zero-order valence-electron chi connectivity index (χ0n) is 10.1. The van der Waals surface area contributed by atoms with E-state index in [9.17, 15) is 0 Å². The molecule has 1 aromatic heterocycles. The van der Waals surface area contributed by atoms with E-state index in [1.165, 1.54) is 5.56 Å². The van der Waals surface area contributed by atoms with Crippen molar-refractivity contribution in [3.63, 3.8) is 0 Å². The van der Waals surface area contributed by atoms with Crippen molar-refractivity contribution in [3.05, 3.63) is 63.3 Å².